The summed E-state index contributed by atoms with van der Waals surface area (Å²) in [4.78, 5) is 12.8. The second kappa shape index (κ2) is 8.69. The monoisotopic (exact) mass is 495 g/mol. The SMILES string of the molecule is CC(C)(C)[Si](C)(C)OC[C@H]1O[C@@H](n2cnc3c(N)ncnc32)[C@H](O[Si](C)(C)C(C)(C)C)[C@H]1O. The number of nitrogens with zero attached hydrogens (tertiary/aromatic N) is 4. The third kappa shape index (κ3) is 5.03. The van der Waals surface area contributed by atoms with Crippen molar-refractivity contribution in [1.29, 1.82) is 0 Å². The largest absolute Gasteiger partial charge is 0.414 e. The van der Waals surface area contributed by atoms with Gasteiger partial charge in [-0.3, -0.25) is 4.57 Å². The molecule has 3 heterocycles. The lowest BCUT2D eigenvalue weighted by Crippen LogP contribution is -2.49. The number of imidazole rings is 1. The third-order valence-electron chi connectivity index (χ3n) is 7.63. The second-order valence-electron chi connectivity index (χ2n) is 12.1. The summed E-state index contributed by atoms with van der Waals surface area (Å²) in [6, 6.07) is 0. The average molecular weight is 496 g/mol. The molecule has 3 N–H and O–H groups in total. The number of aliphatic hydroxyl groups excluding tert-OH is 1. The van der Waals surface area contributed by atoms with Gasteiger partial charge in [0, 0.05) is 0 Å². The van der Waals surface area contributed by atoms with Crippen LogP contribution in [0.15, 0.2) is 12.7 Å². The molecule has 33 heavy (non-hydrogen) atoms. The van der Waals surface area contributed by atoms with Gasteiger partial charge in [-0.2, -0.15) is 0 Å². The van der Waals surface area contributed by atoms with Gasteiger partial charge in [0.25, 0.3) is 0 Å². The Hall–Kier alpha value is -1.38. The van der Waals surface area contributed by atoms with Crippen LogP contribution in [0.2, 0.25) is 36.3 Å². The Morgan fingerprint density at radius 3 is 2.21 bits per heavy atom. The highest BCUT2D eigenvalue weighted by Gasteiger charge is 2.51. The highest BCUT2D eigenvalue weighted by Crippen LogP contribution is 2.43. The third-order valence-corrected chi connectivity index (χ3v) is 16.6. The Labute approximate surface area is 199 Å². The lowest BCUT2D eigenvalue weighted by Gasteiger charge is -2.40. The van der Waals surface area contributed by atoms with Gasteiger partial charge in [0.1, 0.15) is 30.2 Å². The molecule has 0 amide bonds. The standard InChI is InChI=1S/C22H41N5O4Si2/c1-21(2,3)32(7,8)29-11-14-16(28)17(31-33(9,10)22(4,5)6)20(30-14)27-13-26-15-18(23)24-12-25-19(15)27/h12-14,16-17,20,28H,11H2,1-10H3,(H2,23,24,25)/t14-,16+,17-,20-/m1/s1. The van der Waals surface area contributed by atoms with Gasteiger partial charge in [-0.05, 0) is 36.3 Å². The van der Waals surface area contributed by atoms with Crippen LogP contribution < -0.4 is 5.73 Å². The predicted octanol–water partition coefficient (Wildman–Crippen LogP) is 4.08. The molecule has 2 aromatic heterocycles. The Morgan fingerprint density at radius 2 is 1.64 bits per heavy atom. The van der Waals surface area contributed by atoms with Gasteiger partial charge in [0.15, 0.2) is 34.3 Å². The molecular weight excluding hydrogens is 454 g/mol. The first-order chi connectivity index (χ1) is 15.0. The molecule has 11 heteroatoms. The van der Waals surface area contributed by atoms with Crippen molar-refractivity contribution >= 4 is 33.6 Å². The Morgan fingerprint density at radius 1 is 1.03 bits per heavy atom. The van der Waals surface area contributed by atoms with Crippen LogP contribution in [0, 0.1) is 0 Å². The molecule has 1 aliphatic heterocycles. The zero-order chi connectivity index (χ0) is 25.0. The molecule has 1 saturated heterocycles. The summed E-state index contributed by atoms with van der Waals surface area (Å²) >= 11 is 0. The first-order valence-electron chi connectivity index (χ1n) is 11.5. The maximum atomic E-state index is 11.4. The van der Waals surface area contributed by atoms with Crippen molar-refractivity contribution in [2.24, 2.45) is 0 Å². The van der Waals surface area contributed by atoms with Crippen LogP contribution in [0.1, 0.15) is 47.8 Å². The molecule has 0 radical (unpaired) electrons. The van der Waals surface area contributed by atoms with Gasteiger partial charge in [-0.15, -0.1) is 0 Å². The van der Waals surface area contributed by atoms with Gasteiger partial charge in [0.2, 0.25) is 0 Å². The molecule has 9 nitrogen and oxygen atoms in total. The van der Waals surface area contributed by atoms with Crippen molar-refractivity contribution in [3.8, 4) is 0 Å². The van der Waals surface area contributed by atoms with Gasteiger partial charge in [0.05, 0.1) is 12.9 Å². The Kier molecular flexibility index (Phi) is 6.90. The van der Waals surface area contributed by atoms with Crippen LogP contribution in [0.5, 0.6) is 0 Å². The van der Waals surface area contributed by atoms with E-state index >= 15 is 0 Å². The molecule has 0 unspecified atom stereocenters. The first-order valence-corrected chi connectivity index (χ1v) is 17.4. The molecule has 0 spiro atoms. The predicted molar refractivity (Wildman–Crippen MR) is 135 cm³/mol. The van der Waals surface area contributed by atoms with E-state index in [1.54, 1.807) is 10.9 Å². The molecule has 0 aromatic carbocycles. The Balaban J connectivity index is 1.95. The van der Waals surface area contributed by atoms with E-state index in [1.807, 2.05) is 0 Å². The van der Waals surface area contributed by atoms with E-state index in [1.165, 1.54) is 6.33 Å². The van der Waals surface area contributed by atoms with Gasteiger partial charge in [-0.1, -0.05) is 41.5 Å². The summed E-state index contributed by atoms with van der Waals surface area (Å²) in [7, 11) is -4.25. The number of rotatable bonds is 6. The van der Waals surface area contributed by atoms with E-state index in [2.05, 4.69) is 82.7 Å². The number of hydrogen-bond acceptors (Lipinski definition) is 8. The van der Waals surface area contributed by atoms with E-state index in [0.717, 1.165) is 0 Å². The molecule has 4 atom stereocenters. The van der Waals surface area contributed by atoms with E-state index < -0.39 is 41.2 Å². The molecule has 1 fully saturated rings. The fourth-order valence-corrected chi connectivity index (χ4v) is 5.59. The summed E-state index contributed by atoms with van der Waals surface area (Å²) in [6.07, 6.45) is 0.449. The summed E-state index contributed by atoms with van der Waals surface area (Å²) < 4.78 is 21.3. The van der Waals surface area contributed by atoms with E-state index in [-0.39, 0.29) is 10.1 Å². The van der Waals surface area contributed by atoms with Crippen LogP contribution in [0.4, 0.5) is 5.82 Å². The van der Waals surface area contributed by atoms with E-state index in [0.29, 0.717) is 23.6 Å². The summed E-state index contributed by atoms with van der Waals surface area (Å²) in [6.45, 7) is 22.1. The minimum atomic E-state index is -2.23. The molecule has 0 bridgehead atoms. The smallest absolute Gasteiger partial charge is 0.192 e. The van der Waals surface area contributed by atoms with Crippen molar-refractivity contribution in [3.05, 3.63) is 12.7 Å². The van der Waals surface area contributed by atoms with Crippen molar-refractivity contribution in [3.63, 3.8) is 0 Å². The lowest BCUT2D eigenvalue weighted by atomic mass is 10.1. The quantitative estimate of drug-likeness (QED) is 0.576. The number of nitrogen functional groups attached to an aromatic ring is 1. The minimum absolute atomic E-state index is 0.0312. The van der Waals surface area contributed by atoms with Gasteiger partial charge >= 0.3 is 0 Å². The lowest BCUT2D eigenvalue weighted by molar-refractivity contribution is -0.0476. The number of nitrogens with two attached hydrogens (primary N) is 1. The first kappa shape index (κ1) is 26.2. The number of anilines is 1. The number of aliphatic hydroxyl groups is 1. The van der Waals surface area contributed by atoms with Crippen molar-refractivity contribution in [2.75, 3.05) is 12.3 Å². The highest BCUT2D eigenvalue weighted by molar-refractivity contribution is 6.74. The molecule has 1 aliphatic rings. The van der Waals surface area contributed by atoms with Crippen molar-refractivity contribution in [2.45, 2.75) is 102 Å². The summed E-state index contributed by atoms with van der Waals surface area (Å²) in [5.41, 5.74) is 7.05. The second-order valence-corrected chi connectivity index (χ2v) is 21.6. The number of hydrogen-bond donors (Lipinski definition) is 2. The molecule has 0 aliphatic carbocycles. The Bertz CT molecular complexity index is 983. The van der Waals surface area contributed by atoms with Crippen LogP contribution in [0.25, 0.3) is 11.2 Å². The number of fused-ring (bicyclic) bond motifs is 1. The average Bonchev–Trinajstić information content (AvgIpc) is 3.21. The zero-order valence-corrected chi connectivity index (χ0v) is 23.7. The molecule has 186 valence electrons. The van der Waals surface area contributed by atoms with Crippen LogP contribution >= 0.6 is 0 Å². The minimum Gasteiger partial charge on any atom is -0.414 e. The summed E-state index contributed by atoms with van der Waals surface area (Å²) in [5, 5.41) is 11.4. The maximum Gasteiger partial charge on any atom is 0.192 e. The maximum absolute atomic E-state index is 11.4. The van der Waals surface area contributed by atoms with Crippen molar-refractivity contribution < 1.29 is 18.7 Å². The van der Waals surface area contributed by atoms with Gasteiger partial charge in [-0.25, -0.2) is 15.0 Å². The van der Waals surface area contributed by atoms with E-state index in [9.17, 15) is 5.11 Å². The van der Waals surface area contributed by atoms with Crippen LogP contribution in [-0.4, -0.2) is 66.2 Å². The topological polar surface area (TPSA) is 118 Å². The molecule has 0 saturated carbocycles. The number of aromatic nitrogens is 4. The van der Waals surface area contributed by atoms with Crippen LogP contribution in [-0.2, 0) is 13.6 Å². The fraction of sp³-hybridized carbons (Fsp3) is 0.773. The summed E-state index contributed by atoms with van der Waals surface area (Å²) in [5.74, 6) is 0.303. The highest BCUT2D eigenvalue weighted by atomic mass is 28.4. The molecule has 3 rings (SSSR count). The van der Waals surface area contributed by atoms with E-state index in [4.69, 9.17) is 19.3 Å². The zero-order valence-electron chi connectivity index (χ0n) is 21.7. The van der Waals surface area contributed by atoms with Gasteiger partial charge < -0.3 is 24.4 Å². The normalized spacial score (nSPS) is 25.2. The fourth-order valence-electron chi connectivity index (χ4n) is 3.29. The molecule has 2 aromatic rings. The molecular formula is C22H41N5O4Si2. The van der Waals surface area contributed by atoms with Crippen LogP contribution in [0.3, 0.4) is 0 Å². The van der Waals surface area contributed by atoms with Crippen molar-refractivity contribution in [1.82, 2.24) is 19.5 Å². The number of ether oxygens (including phenoxy) is 1.